The highest BCUT2D eigenvalue weighted by atomic mass is 28.3. The molecule has 1 aliphatic rings. The zero-order valence-corrected chi connectivity index (χ0v) is 13.7. The Kier molecular flexibility index (Phi) is 4.76. The minimum absolute atomic E-state index is 0.243. The summed E-state index contributed by atoms with van der Waals surface area (Å²) >= 11 is 0. The van der Waals surface area contributed by atoms with Crippen LogP contribution in [0.15, 0.2) is 35.4 Å². The zero-order valence-electron chi connectivity index (χ0n) is 12.7. The van der Waals surface area contributed by atoms with Crippen molar-refractivity contribution in [2.45, 2.75) is 51.9 Å². The molecule has 0 spiro atoms. The van der Waals surface area contributed by atoms with Gasteiger partial charge in [0.2, 0.25) is 0 Å². The molecule has 0 bridgehead atoms. The maximum atomic E-state index is 12.0. The third-order valence-corrected chi connectivity index (χ3v) is 5.39. The van der Waals surface area contributed by atoms with Crippen molar-refractivity contribution in [3.05, 3.63) is 35.9 Å². The average Bonchev–Trinajstić information content (AvgIpc) is 2.40. The summed E-state index contributed by atoms with van der Waals surface area (Å²) in [6.45, 7) is 7.61. The lowest BCUT2D eigenvalue weighted by Crippen LogP contribution is -2.43. The largest absolute Gasteiger partial charge is 0.320 e. The molecule has 0 atom stereocenters. The van der Waals surface area contributed by atoms with Crippen LogP contribution in [0.3, 0.4) is 0 Å². The SMILES string of the molecule is C[Si](C)(C)N(Cc1ccccc1)N=C1CCCCC1=O. The second-order valence-electron chi connectivity index (χ2n) is 6.39. The summed E-state index contributed by atoms with van der Waals surface area (Å²) in [7, 11) is -1.59. The third kappa shape index (κ3) is 4.03. The van der Waals surface area contributed by atoms with Crippen molar-refractivity contribution in [3.63, 3.8) is 0 Å². The number of nitrogens with zero attached hydrogens (tertiary/aromatic N) is 2. The summed E-state index contributed by atoms with van der Waals surface area (Å²) in [5.74, 6) is 0.243. The van der Waals surface area contributed by atoms with Gasteiger partial charge >= 0.3 is 0 Å². The molecular formula is C16H24N2OSi. The molecule has 1 aliphatic carbocycles. The van der Waals surface area contributed by atoms with Gasteiger partial charge in [0.1, 0.15) is 5.71 Å². The Morgan fingerprint density at radius 3 is 2.35 bits per heavy atom. The van der Waals surface area contributed by atoms with E-state index in [1.165, 1.54) is 5.56 Å². The smallest absolute Gasteiger partial charge is 0.178 e. The molecule has 1 fully saturated rings. The minimum Gasteiger partial charge on any atom is -0.320 e. The summed E-state index contributed by atoms with van der Waals surface area (Å²) in [6.07, 6.45) is 3.62. The van der Waals surface area contributed by atoms with Crippen molar-refractivity contribution in [1.82, 2.24) is 4.67 Å². The van der Waals surface area contributed by atoms with E-state index in [2.05, 4.69) is 48.6 Å². The van der Waals surface area contributed by atoms with Gasteiger partial charge in [0.05, 0.1) is 6.54 Å². The van der Waals surface area contributed by atoms with Gasteiger partial charge in [-0.05, 0) is 24.8 Å². The summed E-state index contributed by atoms with van der Waals surface area (Å²) in [5.41, 5.74) is 2.04. The monoisotopic (exact) mass is 288 g/mol. The number of carbonyl (C=O) groups excluding carboxylic acids is 1. The molecule has 20 heavy (non-hydrogen) atoms. The van der Waals surface area contributed by atoms with E-state index in [4.69, 9.17) is 5.10 Å². The molecule has 1 saturated carbocycles. The van der Waals surface area contributed by atoms with Gasteiger partial charge in [0.25, 0.3) is 0 Å². The topological polar surface area (TPSA) is 32.7 Å². The Balaban J connectivity index is 2.20. The number of carbonyl (C=O) groups is 1. The van der Waals surface area contributed by atoms with Crippen LogP contribution in [0.5, 0.6) is 0 Å². The van der Waals surface area contributed by atoms with Crippen LogP contribution in [0.4, 0.5) is 0 Å². The molecule has 0 N–H and O–H groups in total. The minimum atomic E-state index is -1.59. The Morgan fingerprint density at radius 1 is 1.10 bits per heavy atom. The standard InChI is InChI=1S/C16H24N2OSi/c1-20(2,3)18(13-14-9-5-4-6-10-14)17-15-11-7-8-12-16(15)19/h4-6,9-10H,7-8,11-13H2,1-3H3. The first-order valence-electron chi connectivity index (χ1n) is 7.39. The van der Waals surface area contributed by atoms with Crippen molar-refractivity contribution in [2.24, 2.45) is 5.10 Å². The van der Waals surface area contributed by atoms with E-state index in [0.29, 0.717) is 6.42 Å². The fourth-order valence-corrected chi connectivity index (χ4v) is 3.37. The van der Waals surface area contributed by atoms with Crippen molar-refractivity contribution >= 4 is 19.7 Å². The van der Waals surface area contributed by atoms with E-state index in [-0.39, 0.29) is 5.78 Å². The molecule has 0 heterocycles. The van der Waals surface area contributed by atoms with Gasteiger partial charge in [-0.25, -0.2) is 0 Å². The third-order valence-electron chi connectivity index (χ3n) is 3.58. The molecular weight excluding hydrogens is 264 g/mol. The maximum Gasteiger partial charge on any atom is 0.178 e. The van der Waals surface area contributed by atoms with Crippen LogP contribution in [0.2, 0.25) is 19.6 Å². The molecule has 4 heteroatoms. The van der Waals surface area contributed by atoms with Crippen molar-refractivity contribution in [2.75, 3.05) is 0 Å². The molecule has 1 aromatic rings. The van der Waals surface area contributed by atoms with Crippen molar-refractivity contribution in [1.29, 1.82) is 0 Å². The van der Waals surface area contributed by atoms with Crippen molar-refractivity contribution in [3.8, 4) is 0 Å². The number of rotatable bonds is 4. The molecule has 0 aliphatic heterocycles. The molecule has 3 nitrogen and oxygen atoms in total. The van der Waals surface area contributed by atoms with Gasteiger partial charge in [0.15, 0.2) is 14.0 Å². The predicted molar refractivity (Wildman–Crippen MR) is 86.2 cm³/mol. The number of Topliss-reactive ketones (excluding diaryl/α,β-unsaturated/α-hetero) is 1. The van der Waals surface area contributed by atoms with E-state index in [1.54, 1.807) is 0 Å². The highest BCUT2D eigenvalue weighted by Gasteiger charge is 2.25. The lowest BCUT2D eigenvalue weighted by molar-refractivity contribution is -0.113. The normalized spacial score (nSPS) is 18.4. The Labute approximate surface area is 122 Å². The molecule has 2 rings (SSSR count). The van der Waals surface area contributed by atoms with E-state index >= 15 is 0 Å². The fraction of sp³-hybridized carbons (Fsp3) is 0.500. The summed E-state index contributed by atoms with van der Waals surface area (Å²) in [4.78, 5) is 12.0. The molecule has 108 valence electrons. The van der Waals surface area contributed by atoms with Crippen LogP contribution < -0.4 is 0 Å². The first kappa shape index (κ1) is 15.0. The van der Waals surface area contributed by atoms with E-state index in [0.717, 1.165) is 31.5 Å². The number of ketones is 1. The summed E-state index contributed by atoms with van der Waals surface area (Å²) in [6, 6.07) is 10.4. The van der Waals surface area contributed by atoms with Crippen LogP contribution >= 0.6 is 0 Å². The lowest BCUT2D eigenvalue weighted by Gasteiger charge is -2.32. The predicted octanol–water partition coefficient (Wildman–Crippen LogP) is 3.82. The molecule has 1 aromatic carbocycles. The first-order chi connectivity index (χ1) is 9.47. The molecule has 0 unspecified atom stereocenters. The molecule has 0 amide bonds. The maximum absolute atomic E-state index is 12.0. The van der Waals surface area contributed by atoms with E-state index < -0.39 is 8.24 Å². The second-order valence-corrected chi connectivity index (χ2v) is 11.2. The molecule has 0 saturated heterocycles. The highest BCUT2D eigenvalue weighted by Crippen LogP contribution is 2.18. The van der Waals surface area contributed by atoms with Gasteiger partial charge in [-0.15, -0.1) is 0 Å². The van der Waals surface area contributed by atoms with E-state index in [1.807, 2.05) is 6.07 Å². The number of hydrazone groups is 1. The molecule has 0 aromatic heterocycles. The quantitative estimate of drug-likeness (QED) is 0.623. The van der Waals surface area contributed by atoms with E-state index in [9.17, 15) is 4.79 Å². The Bertz CT molecular complexity index is 491. The second kappa shape index (κ2) is 6.35. The van der Waals surface area contributed by atoms with Gasteiger partial charge in [0, 0.05) is 6.42 Å². The number of benzene rings is 1. The lowest BCUT2D eigenvalue weighted by atomic mass is 9.97. The Hall–Kier alpha value is -1.42. The number of hydrogen-bond acceptors (Lipinski definition) is 3. The molecule has 0 radical (unpaired) electrons. The van der Waals surface area contributed by atoms with Crippen LogP contribution in [0.1, 0.15) is 31.2 Å². The van der Waals surface area contributed by atoms with Crippen LogP contribution in [-0.4, -0.2) is 24.4 Å². The van der Waals surface area contributed by atoms with Crippen LogP contribution in [0, 0.1) is 0 Å². The van der Waals surface area contributed by atoms with Gasteiger partial charge in [-0.3, -0.25) is 4.79 Å². The van der Waals surface area contributed by atoms with Crippen LogP contribution in [0.25, 0.3) is 0 Å². The van der Waals surface area contributed by atoms with Crippen molar-refractivity contribution < 1.29 is 4.79 Å². The number of hydrogen-bond donors (Lipinski definition) is 0. The Morgan fingerprint density at radius 2 is 1.75 bits per heavy atom. The van der Waals surface area contributed by atoms with Gasteiger partial charge in [-0.1, -0.05) is 50.0 Å². The summed E-state index contributed by atoms with van der Waals surface area (Å²) < 4.78 is 2.18. The zero-order chi connectivity index (χ0) is 14.6. The van der Waals surface area contributed by atoms with Gasteiger partial charge in [-0.2, -0.15) is 5.10 Å². The fourth-order valence-electron chi connectivity index (χ4n) is 2.29. The average molecular weight is 288 g/mol. The van der Waals surface area contributed by atoms with Crippen LogP contribution in [-0.2, 0) is 11.3 Å². The summed E-state index contributed by atoms with van der Waals surface area (Å²) in [5, 5.41) is 4.75. The highest BCUT2D eigenvalue weighted by molar-refractivity contribution is 6.73. The van der Waals surface area contributed by atoms with Gasteiger partial charge < -0.3 is 4.67 Å². The first-order valence-corrected chi connectivity index (χ1v) is 10.8.